The zero-order chi connectivity index (χ0) is 11.3. The van der Waals surface area contributed by atoms with Crippen LogP contribution in [0.4, 0.5) is 0 Å². The van der Waals surface area contributed by atoms with Gasteiger partial charge < -0.3 is 9.84 Å². The Labute approximate surface area is 94.0 Å². The molecule has 1 saturated carbocycles. The van der Waals surface area contributed by atoms with Crippen LogP contribution in [0.3, 0.4) is 0 Å². The van der Waals surface area contributed by atoms with E-state index in [2.05, 4.69) is 13.8 Å². The lowest BCUT2D eigenvalue weighted by Gasteiger charge is -2.36. The van der Waals surface area contributed by atoms with Crippen molar-refractivity contribution in [3.63, 3.8) is 0 Å². The van der Waals surface area contributed by atoms with Gasteiger partial charge >= 0.3 is 0 Å². The fourth-order valence-electron chi connectivity index (χ4n) is 2.60. The van der Waals surface area contributed by atoms with Crippen LogP contribution in [0.15, 0.2) is 0 Å². The van der Waals surface area contributed by atoms with Crippen molar-refractivity contribution in [3.8, 4) is 0 Å². The highest BCUT2D eigenvalue weighted by Crippen LogP contribution is 2.34. The van der Waals surface area contributed by atoms with E-state index in [9.17, 15) is 5.11 Å². The van der Waals surface area contributed by atoms with Crippen molar-refractivity contribution >= 4 is 0 Å². The maximum atomic E-state index is 10.5. The maximum absolute atomic E-state index is 10.5. The molecule has 0 bridgehead atoms. The van der Waals surface area contributed by atoms with Crippen LogP contribution in [0.25, 0.3) is 0 Å². The molecule has 0 aromatic carbocycles. The third kappa shape index (κ3) is 3.76. The lowest BCUT2D eigenvalue weighted by molar-refractivity contribution is -0.0822. The summed E-state index contributed by atoms with van der Waals surface area (Å²) >= 11 is 0. The highest BCUT2D eigenvalue weighted by atomic mass is 16.5. The number of rotatable bonds is 5. The molecule has 0 amide bonds. The summed E-state index contributed by atoms with van der Waals surface area (Å²) in [6, 6.07) is 0. The third-order valence-corrected chi connectivity index (χ3v) is 3.84. The number of hydrogen-bond donors (Lipinski definition) is 1. The second-order valence-corrected chi connectivity index (χ2v) is 5.40. The molecule has 2 heteroatoms. The molecule has 1 aliphatic carbocycles. The predicted octanol–water partition coefficient (Wildman–Crippen LogP) is 2.99. The van der Waals surface area contributed by atoms with Gasteiger partial charge in [0.15, 0.2) is 0 Å². The summed E-state index contributed by atoms with van der Waals surface area (Å²) in [4.78, 5) is 0. The minimum absolute atomic E-state index is 0.277. The summed E-state index contributed by atoms with van der Waals surface area (Å²) in [5, 5.41) is 10.5. The van der Waals surface area contributed by atoms with Gasteiger partial charge in [-0.2, -0.15) is 0 Å². The molecule has 0 aliphatic heterocycles. The Bertz CT molecular complexity index is 173. The molecule has 1 N–H and O–H groups in total. The lowest BCUT2D eigenvalue weighted by atomic mass is 9.77. The van der Waals surface area contributed by atoms with Gasteiger partial charge in [0.1, 0.15) is 0 Å². The van der Waals surface area contributed by atoms with Gasteiger partial charge in [0.2, 0.25) is 0 Å². The molecular weight excluding hydrogens is 188 g/mol. The van der Waals surface area contributed by atoms with Crippen molar-refractivity contribution in [2.75, 3.05) is 13.7 Å². The first-order chi connectivity index (χ1) is 7.08. The first-order valence-corrected chi connectivity index (χ1v) is 6.30. The van der Waals surface area contributed by atoms with Crippen molar-refractivity contribution in [2.45, 2.75) is 58.0 Å². The molecule has 1 aliphatic rings. The Kier molecular flexibility index (Phi) is 5.07. The molecule has 0 spiro atoms. The van der Waals surface area contributed by atoms with E-state index in [4.69, 9.17) is 4.74 Å². The van der Waals surface area contributed by atoms with E-state index in [-0.39, 0.29) is 5.92 Å². The topological polar surface area (TPSA) is 29.5 Å². The van der Waals surface area contributed by atoms with Crippen molar-refractivity contribution in [1.29, 1.82) is 0 Å². The third-order valence-electron chi connectivity index (χ3n) is 3.84. The number of ether oxygens (including phenoxy) is 1. The predicted molar refractivity (Wildman–Crippen MR) is 62.9 cm³/mol. The molecule has 0 radical (unpaired) electrons. The molecule has 1 atom stereocenters. The van der Waals surface area contributed by atoms with E-state index in [1.54, 1.807) is 7.11 Å². The first-order valence-electron chi connectivity index (χ1n) is 6.30. The molecule has 0 aromatic rings. The van der Waals surface area contributed by atoms with Gasteiger partial charge in [-0.25, -0.2) is 0 Å². The van der Waals surface area contributed by atoms with Crippen molar-refractivity contribution in [1.82, 2.24) is 0 Å². The van der Waals surface area contributed by atoms with E-state index in [0.717, 1.165) is 6.42 Å². The summed E-state index contributed by atoms with van der Waals surface area (Å²) in [5.74, 6) is 0.987. The van der Waals surface area contributed by atoms with Gasteiger partial charge in [0.05, 0.1) is 12.2 Å². The minimum atomic E-state index is -0.614. The number of hydrogen-bond acceptors (Lipinski definition) is 2. The molecule has 90 valence electrons. The number of methoxy groups -OCH3 is 1. The molecule has 1 unspecified atom stereocenters. The van der Waals surface area contributed by atoms with Gasteiger partial charge in [-0.1, -0.05) is 46.0 Å². The van der Waals surface area contributed by atoms with Gasteiger partial charge in [-0.3, -0.25) is 0 Å². The molecule has 0 saturated heterocycles. The van der Waals surface area contributed by atoms with Crippen molar-refractivity contribution in [3.05, 3.63) is 0 Å². The fraction of sp³-hybridized carbons (Fsp3) is 1.00. The first kappa shape index (κ1) is 13.0. The van der Waals surface area contributed by atoms with Crippen LogP contribution in [0.2, 0.25) is 0 Å². The highest BCUT2D eigenvalue weighted by molar-refractivity contribution is 4.85. The molecule has 0 aromatic heterocycles. The quantitative estimate of drug-likeness (QED) is 0.762. The average molecular weight is 214 g/mol. The normalized spacial score (nSPS) is 23.0. The van der Waals surface area contributed by atoms with E-state index >= 15 is 0 Å². The Hall–Kier alpha value is -0.0800. The molecule has 2 nitrogen and oxygen atoms in total. The second kappa shape index (κ2) is 5.86. The van der Waals surface area contributed by atoms with Crippen LogP contribution in [0.1, 0.15) is 52.4 Å². The van der Waals surface area contributed by atoms with Crippen LogP contribution in [-0.2, 0) is 4.74 Å². The van der Waals surface area contributed by atoms with Crippen LogP contribution >= 0.6 is 0 Å². The Balaban J connectivity index is 2.48. The molecule has 15 heavy (non-hydrogen) atoms. The summed E-state index contributed by atoms with van der Waals surface area (Å²) in [6.45, 7) is 4.64. The molecule has 1 fully saturated rings. The van der Waals surface area contributed by atoms with Crippen LogP contribution < -0.4 is 0 Å². The zero-order valence-electron chi connectivity index (χ0n) is 10.5. The summed E-state index contributed by atoms with van der Waals surface area (Å²) in [5.41, 5.74) is -0.614. The van der Waals surface area contributed by atoms with E-state index in [1.165, 1.54) is 32.1 Å². The van der Waals surface area contributed by atoms with Crippen LogP contribution in [-0.4, -0.2) is 24.4 Å². The average Bonchev–Trinajstić information content (AvgIpc) is 2.19. The maximum Gasteiger partial charge on any atom is 0.0905 e. The fourth-order valence-corrected chi connectivity index (χ4v) is 2.60. The standard InChI is InChI=1S/C13H26O2/c1-11(2)13(14,10-15-3)9-12-7-5-4-6-8-12/h11-12,14H,4-10H2,1-3H3. The molecule has 0 heterocycles. The van der Waals surface area contributed by atoms with E-state index in [1.807, 2.05) is 0 Å². The Morgan fingerprint density at radius 1 is 1.27 bits per heavy atom. The SMILES string of the molecule is COCC(O)(CC1CCCCC1)C(C)C. The van der Waals surface area contributed by atoms with Crippen molar-refractivity contribution in [2.24, 2.45) is 11.8 Å². The van der Waals surface area contributed by atoms with Gasteiger partial charge in [-0.05, 0) is 18.3 Å². The van der Waals surface area contributed by atoms with Crippen molar-refractivity contribution < 1.29 is 9.84 Å². The van der Waals surface area contributed by atoms with E-state index in [0.29, 0.717) is 12.5 Å². The van der Waals surface area contributed by atoms with Gasteiger partial charge in [0.25, 0.3) is 0 Å². The largest absolute Gasteiger partial charge is 0.387 e. The second-order valence-electron chi connectivity index (χ2n) is 5.40. The summed E-state index contributed by atoms with van der Waals surface area (Å²) < 4.78 is 5.16. The minimum Gasteiger partial charge on any atom is -0.387 e. The van der Waals surface area contributed by atoms with E-state index < -0.39 is 5.60 Å². The molecular formula is C13H26O2. The zero-order valence-corrected chi connectivity index (χ0v) is 10.5. The Morgan fingerprint density at radius 3 is 2.33 bits per heavy atom. The van der Waals surface area contributed by atoms with Gasteiger partial charge in [-0.15, -0.1) is 0 Å². The number of aliphatic hydroxyl groups is 1. The monoisotopic (exact) mass is 214 g/mol. The van der Waals surface area contributed by atoms with Crippen LogP contribution in [0.5, 0.6) is 0 Å². The van der Waals surface area contributed by atoms with Gasteiger partial charge in [0, 0.05) is 7.11 Å². The lowest BCUT2D eigenvalue weighted by Crippen LogP contribution is -2.42. The molecule has 1 rings (SSSR count). The summed E-state index contributed by atoms with van der Waals surface area (Å²) in [7, 11) is 1.67. The smallest absolute Gasteiger partial charge is 0.0905 e. The van der Waals surface area contributed by atoms with Crippen LogP contribution in [0, 0.1) is 11.8 Å². The highest BCUT2D eigenvalue weighted by Gasteiger charge is 2.34. The Morgan fingerprint density at radius 2 is 1.87 bits per heavy atom. The summed E-state index contributed by atoms with van der Waals surface area (Å²) in [6.07, 6.45) is 7.55.